The molecule has 3 aliphatic heterocycles. The molecule has 1 spiro atoms. The largest absolute Gasteiger partial charge is 0.493 e. The van der Waals surface area contributed by atoms with E-state index in [1.807, 2.05) is 0 Å². The normalized spacial score (nSPS) is 25.8. The molecule has 1 N–H and O–H groups in total. The molecule has 4 aliphatic rings. The van der Waals surface area contributed by atoms with Crippen LogP contribution in [0.2, 0.25) is 0 Å². The minimum Gasteiger partial charge on any atom is -0.493 e. The zero-order valence-electron chi connectivity index (χ0n) is 16.6. The minimum atomic E-state index is 0.691. The lowest BCUT2D eigenvalue weighted by atomic mass is 9.60. The molecule has 0 amide bonds. The maximum Gasteiger partial charge on any atom is 0.164 e. The molecule has 2 saturated heterocycles. The first kappa shape index (κ1) is 17.8. The van der Waals surface area contributed by atoms with E-state index in [1.54, 1.807) is 7.11 Å². The van der Waals surface area contributed by atoms with Crippen molar-refractivity contribution < 1.29 is 9.47 Å². The van der Waals surface area contributed by atoms with Gasteiger partial charge in [-0.15, -0.1) is 0 Å². The van der Waals surface area contributed by atoms with Crippen molar-refractivity contribution >= 4 is 0 Å². The van der Waals surface area contributed by atoms with Crippen LogP contribution in [0.4, 0.5) is 0 Å². The summed E-state index contributed by atoms with van der Waals surface area (Å²) in [7, 11) is 1.74. The molecule has 5 rings (SSSR count). The lowest BCUT2D eigenvalue weighted by molar-refractivity contribution is -0.0386. The maximum atomic E-state index is 5.72. The second-order valence-electron chi connectivity index (χ2n) is 9.01. The third kappa shape index (κ3) is 3.45. The standard InChI is InChI=1S/C22H33N3O2/c1-26-20-13-17(12-18-2-11-27-21(18)20)16-24-7-9-25(10-8-24)19-14-22(15-19)3-5-23-6-4-22/h12-13,19,23H,2-11,14-16H2,1H3. The summed E-state index contributed by atoms with van der Waals surface area (Å²) in [4.78, 5) is 5.37. The Bertz CT molecular complexity index is 670. The molecule has 0 radical (unpaired) electrons. The zero-order chi connectivity index (χ0) is 18.3. The van der Waals surface area contributed by atoms with E-state index in [0.29, 0.717) is 5.41 Å². The highest BCUT2D eigenvalue weighted by molar-refractivity contribution is 5.51. The molecule has 0 aromatic heterocycles. The van der Waals surface area contributed by atoms with Gasteiger partial charge in [-0.25, -0.2) is 0 Å². The summed E-state index contributed by atoms with van der Waals surface area (Å²) in [5.41, 5.74) is 3.36. The van der Waals surface area contributed by atoms with Crippen LogP contribution in [-0.2, 0) is 13.0 Å². The van der Waals surface area contributed by atoms with Crippen LogP contribution in [0.5, 0.6) is 11.5 Å². The third-order valence-corrected chi connectivity index (χ3v) is 7.36. The van der Waals surface area contributed by atoms with Crippen molar-refractivity contribution in [2.45, 2.75) is 44.7 Å². The van der Waals surface area contributed by atoms with Gasteiger partial charge in [0.15, 0.2) is 11.5 Å². The molecule has 27 heavy (non-hydrogen) atoms. The van der Waals surface area contributed by atoms with Gasteiger partial charge in [0.1, 0.15) is 0 Å². The highest BCUT2D eigenvalue weighted by Gasteiger charge is 2.46. The van der Waals surface area contributed by atoms with Crippen molar-refractivity contribution in [3.63, 3.8) is 0 Å². The molecule has 3 heterocycles. The Morgan fingerprint density at radius 3 is 2.67 bits per heavy atom. The smallest absolute Gasteiger partial charge is 0.164 e. The highest BCUT2D eigenvalue weighted by atomic mass is 16.5. The fourth-order valence-corrected chi connectivity index (χ4v) is 5.69. The molecule has 1 saturated carbocycles. The Balaban J connectivity index is 1.14. The first-order chi connectivity index (χ1) is 13.2. The maximum absolute atomic E-state index is 5.72. The lowest BCUT2D eigenvalue weighted by Crippen LogP contribution is -2.58. The van der Waals surface area contributed by atoms with Crippen molar-refractivity contribution in [3.8, 4) is 11.5 Å². The van der Waals surface area contributed by atoms with Gasteiger partial charge in [-0.2, -0.15) is 0 Å². The number of ether oxygens (including phenoxy) is 2. The van der Waals surface area contributed by atoms with Gasteiger partial charge in [-0.1, -0.05) is 6.07 Å². The van der Waals surface area contributed by atoms with Crippen molar-refractivity contribution in [1.29, 1.82) is 0 Å². The Morgan fingerprint density at radius 1 is 1.15 bits per heavy atom. The highest BCUT2D eigenvalue weighted by Crippen LogP contribution is 2.50. The second kappa shape index (κ2) is 7.26. The van der Waals surface area contributed by atoms with E-state index in [9.17, 15) is 0 Å². The summed E-state index contributed by atoms with van der Waals surface area (Å²) in [5.74, 6) is 1.86. The fourth-order valence-electron chi connectivity index (χ4n) is 5.69. The Morgan fingerprint density at radius 2 is 1.93 bits per heavy atom. The topological polar surface area (TPSA) is 37.0 Å². The molecule has 5 heteroatoms. The Kier molecular flexibility index (Phi) is 4.78. The van der Waals surface area contributed by atoms with E-state index in [0.717, 1.165) is 37.1 Å². The number of methoxy groups -OCH3 is 1. The van der Waals surface area contributed by atoms with Crippen LogP contribution in [-0.4, -0.2) is 68.8 Å². The van der Waals surface area contributed by atoms with E-state index < -0.39 is 0 Å². The molecule has 3 fully saturated rings. The molecule has 0 bridgehead atoms. The van der Waals surface area contributed by atoms with Crippen LogP contribution in [0.25, 0.3) is 0 Å². The molecular weight excluding hydrogens is 338 g/mol. The van der Waals surface area contributed by atoms with Crippen molar-refractivity contribution in [3.05, 3.63) is 23.3 Å². The first-order valence-corrected chi connectivity index (χ1v) is 10.7. The van der Waals surface area contributed by atoms with Gasteiger partial charge >= 0.3 is 0 Å². The predicted octanol–water partition coefficient (Wildman–Crippen LogP) is 2.28. The Labute approximate surface area is 163 Å². The molecule has 1 aliphatic carbocycles. The van der Waals surface area contributed by atoms with Gasteiger partial charge in [-0.3, -0.25) is 9.80 Å². The van der Waals surface area contributed by atoms with E-state index in [1.165, 1.54) is 76.1 Å². The van der Waals surface area contributed by atoms with E-state index in [-0.39, 0.29) is 0 Å². The number of nitrogens with zero attached hydrogens (tertiary/aromatic N) is 2. The third-order valence-electron chi connectivity index (χ3n) is 7.36. The summed E-state index contributed by atoms with van der Waals surface area (Å²) in [5, 5.41) is 3.52. The van der Waals surface area contributed by atoms with Crippen molar-refractivity contribution in [2.75, 3.05) is 53.0 Å². The molecule has 148 valence electrons. The van der Waals surface area contributed by atoms with Crippen LogP contribution in [0, 0.1) is 5.41 Å². The molecule has 1 aromatic rings. The van der Waals surface area contributed by atoms with Crippen LogP contribution >= 0.6 is 0 Å². The van der Waals surface area contributed by atoms with Crippen LogP contribution in [0.1, 0.15) is 36.8 Å². The zero-order valence-corrected chi connectivity index (χ0v) is 16.6. The number of benzene rings is 1. The number of fused-ring (bicyclic) bond motifs is 1. The van der Waals surface area contributed by atoms with Crippen LogP contribution in [0.3, 0.4) is 0 Å². The van der Waals surface area contributed by atoms with E-state index >= 15 is 0 Å². The molecule has 0 unspecified atom stereocenters. The van der Waals surface area contributed by atoms with E-state index in [2.05, 4.69) is 27.2 Å². The van der Waals surface area contributed by atoms with Gasteiger partial charge in [0.05, 0.1) is 13.7 Å². The van der Waals surface area contributed by atoms with Gasteiger partial charge in [-0.05, 0) is 55.8 Å². The summed E-state index contributed by atoms with van der Waals surface area (Å²) in [6, 6.07) is 5.34. The van der Waals surface area contributed by atoms with Crippen molar-refractivity contribution in [1.82, 2.24) is 15.1 Å². The van der Waals surface area contributed by atoms with Crippen molar-refractivity contribution in [2.24, 2.45) is 5.41 Å². The SMILES string of the molecule is COc1cc(CN2CCN(C3CC4(CCNCC4)C3)CC2)cc2c1OCC2. The first-order valence-electron chi connectivity index (χ1n) is 10.7. The summed E-state index contributed by atoms with van der Waals surface area (Å²) in [6.07, 6.45) is 6.68. The minimum absolute atomic E-state index is 0.691. The average molecular weight is 372 g/mol. The van der Waals surface area contributed by atoms with Gasteiger partial charge < -0.3 is 14.8 Å². The fraction of sp³-hybridized carbons (Fsp3) is 0.727. The molecule has 1 aromatic carbocycles. The summed E-state index contributed by atoms with van der Waals surface area (Å²) in [6.45, 7) is 9.09. The number of rotatable bonds is 4. The Hall–Kier alpha value is -1.30. The number of hydrogen-bond acceptors (Lipinski definition) is 5. The lowest BCUT2D eigenvalue weighted by Gasteiger charge is -2.55. The van der Waals surface area contributed by atoms with Crippen LogP contribution < -0.4 is 14.8 Å². The average Bonchev–Trinajstić information content (AvgIpc) is 3.15. The number of piperidine rings is 1. The summed E-state index contributed by atoms with van der Waals surface area (Å²) >= 11 is 0. The number of nitrogens with one attached hydrogen (secondary N) is 1. The molecular formula is C22H33N3O2. The number of piperazine rings is 1. The predicted molar refractivity (Wildman–Crippen MR) is 107 cm³/mol. The second-order valence-corrected chi connectivity index (χ2v) is 9.01. The number of hydrogen-bond donors (Lipinski definition) is 1. The molecule has 5 nitrogen and oxygen atoms in total. The monoisotopic (exact) mass is 371 g/mol. The molecule has 0 atom stereocenters. The quantitative estimate of drug-likeness (QED) is 0.879. The van der Waals surface area contributed by atoms with Gasteiger partial charge in [0.2, 0.25) is 0 Å². The van der Waals surface area contributed by atoms with Gasteiger partial charge in [0.25, 0.3) is 0 Å². The van der Waals surface area contributed by atoms with Gasteiger partial charge in [0, 0.05) is 50.7 Å². The summed E-state index contributed by atoms with van der Waals surface area (Å²) < 4.78 is 11.3. The van der Waals surface area contributed by atoms with E-state index in [4.69, 9.17) is 9.47 Å². The van der Waals surface area contributed by atoms with Crippen LogP contribution in [0.15, 0.2) is 12.1 Å².